The standard InChI is InChI=1S/C11H21NO7/c1-5(2)9(17)11(19,12-6(3)14)10(18)8(16)7(15)4-13/h7-8,10,13,15-19H,4H2,1-3H3,(H,12,14)/t7-,8-,10+,11-/m1/s1. The van der Waals surface area contributed by atoms with E-state index >= 15 is 0 Å². The number of amides is 1. The monoisotopic (exact) mass is 279 g/mol. The molecule has 0 aliphatic heterocycles. The molecule has 0 spiro atoms. The van der Waals surface area contributed by atoms with Crippen molar-refractivity contribution in [3.63, 3.8) is 0 Å². The minimum atomic E-state index is -2.67. The molecule has 0 heterocycles. The van der Waals surface area contributed by atoms with Gasteiger partial charge in [0.2, 0.25) is 11.6 Å². The van der Waals surface area contributed by atoms with Gasteiger partial charge in [-0.2, -0.15) is 0 Å². The Morgan fingerprint density at radius 3 is 2.00 bits per heavy atom. The second-order valence-corrected chi connectivity index (χ2v) is 4.48. The molecule has 0 fully saturated rings. The summed E-state index contributed by atoms with van der Waals surface area (Å²) >= 11 is 0. The fourth-order valence-electron chi connectivity index (χ4n) is 1.49. The third-order valence-corrected chi connectivity index (χ3v) is 2.53. The van der Waals surface area contributed by atoms with Crippen molar-refractivity contribution in [2.45, 2.75) is 44.8 Å². The van der Waals surface area contributed by atoms with E-state index in [1.165, 1.54) is 13.8 Å². The van der Waals surface area contributed by atoms with E-state index in [1.807, 2.05) is 5.32 Å². The van der Waals surface area contributed by atoms with Crippen LogP contribution in [0.3, 0.4) is 0 Å². The van der Waals surface area contributed by atoms with Gasteiger partial charge in [-0.05, 0) is 19.4 Å². The number of carbonyl (C=O) groups excluding carboxylic acids is 1. The summed E-state index contributed by atoms with van der Waals surface area (Å²) in [4.78, 5) is 11.0. The van der Waals surface area contributed by atoms with Gasteiger partial charge in [-0.1, -0.05) is 0 Å². The predicted molar refractivity (Wildman–Crippen MR) is 64.9 cm³/mol. The maximum atomic E-state index is 11.0. The van der Waals surface area contributed by atoms with E-state index in [-0.39, 0.29) is 5.57 Å². The first kappa shape index (κ1) is 17.8. The van der Waals surface area contributed by atoms with Crippen molar-refractivity contribution < 1.29 is 35.4 Å². The molecular weight excluding hydrogens is 258 g/mol. The first-order valence-corrected chi connectivity index (χ1v) is 5.61. The van der Waals surface area contributed by atoms with E-state index in [0.717, 1.165) is 6.92 Å². The van der Waals surface area contributed by atoms with Crippen molar-refractivity contribution in [1.29, 1.82) is 0 Å². The number of rotatable bonds is 6. The highest BCUT2D eigenvalue weighted by atomic mass is 16.4. The van der Waals surface area contributed by atoms with E-state index in [1.54, 1.807) is 0 Å². The molecule has 0 aliphatic carbocycles. The number of hydrogen-bond donors (Lipinski definition) is 7. The summed E-state index contributed by atoms with van der Waals surface area (Å²) < 4.78 is 0. The van der Waals surface area contributed by atoms with Gasteiger partial charge >= 0.3 is 0 Å². The molecule has 0 rings (SSSR count). The van der Waals surface area contributed by atoms with Crippen LogP contribution >= 0.6 is 0 Å². The molecule has 0 radical (unpaired) electrons. The molecule has 0 aliphatic rings. The number of nitrogens with one attached hydrogen (secondary N) is 1. The molecular formula is C11H21NO7. The van der Waals surface area contributed by atoms with Crippen LogP contribution in [0.5, 0.6) is 0 Å². The zero-order valence-corrected chi connectivity index (χ0v) is 11.0. The lowest BCUT2D eigenvalue weighted by atomic mass is 9.94. The van der Waals surface area contributed by atoms with E-state index in [9.17, 15) is 30.3 Å². The maximum absolute atomic E-state index is 11.0. The van der Waals surface area contributed by atoms with Crippen LogP contribution < -0.4 is 5.32 Å². The molecule has 0 aromatic heterocycles. The SMILES string of the molecule is CC(=O)N[C@@](O)(C(O)=C(C)C)[C@@H](O)[C@H](O)[C@H](O)CO. The second-order valence-electron chi connectivity index (χ2n) is 4.48. The van der Waals surface area contributed by atoms with Crippen molar-refractivity contribution >= 4 is 5.91 Å². The van der Waals surface area contributed by atoms with Crippen molar-refractivity contribution in [2.24, 2.45) is 0 Å². The maximum Gasteiger partial charge on any atom is 0.225 e. The molecule has 19 heavy (non-hydrogen) atoms. The zero-order valence-electron chi connectivity index (χ0n) is 11.0. The predicted octanol–water partition coefficient (Wildman–Crippen LogP) is -2.26. The fraction of sp³-hybridized carbons (Fsp3) is 0.727. The van der Waals surface area contributed by atoms with E-state index in [2.05, 4.69) is 0 Å². The molecule has 7 N–H and O–H groups in total. The van der Waals surface area contributed by atoms with Gasteiger partial charge in [-0.3, -0.25) is 4.79 Å². The lowest BCUT2D eigenvalue weighted by Crippen LogP contribution is -2.63. The normalized spacial score (nSPS) is 18.9. The summed E-state index contributed by atoms with van der Waals surface area (Å²) in [5.74, 6) is -1.54. The number of aliphatic hydroxyl groups is 6. The van der Waals surface area contributed by atoms with E-state index < -0.39 is 42.3 Å². The Bertz CT molecular complexity index is 353. The lowest BCUT2D eigenvalue weighted by Gasteiger charge is -2.36. The molecule has 0 aromatic rings. The van der Waals surface area contributed by atoms with E-state index in [0.29, 0.717) is 0 Å². The second kappa shape index (κ2) is 6.83. The van der Waals surface area contributed by atoms with Crippen LogP contribution in [0.15, 0.2) is 11.3 Å². The van der Waals surface area contributed by atoms with Crippen LogP contribution in [0.25, 0.3) is 0 Å². The van der Waals surface area contributed by atoms with Gasteiger partial charge < -0.3 is 36.0 Å². The van der Waals surface area contributed by atoms with Crippen molar-refractivity contribution in [1.82, 2.24) is 5.32 Å². The first-order chi connectivity index (χ1) is 8.57. The molecule has 112 valence electrons. The molecule has 0 saturated heterocycles. The minimum Gasteiger partial charge on any atom is -0.507 e. The molecule has 8 heteroatoms. The van der Waals surface area contributed by atoms with Gasteiger partial charge in [0, 0.05) is 6.92 Å². The summed E-state index contributed by atoms with van der Waals surface area (Å²) in [6, 6.07) is 0. The largest absolute Gasteiger partial charge is 0.507 e. The quantitative estimate of drug-likeness (QED) is 0.214. The molecule has 0 unspecified atom stereocenters. The fourth-order valence-corrected chi connectivity index (χ4v) is 1.49. The summed E-state index contributed by atoms with van der Waals surface area (Å²) in [5.41, 5.74) is -2.48. The Balaban J connectivity index is 5.49. The Kier molecular flexibility index (Phi) is 6.40. The van der Waals surface area contributed by atoms with Crippen LogP contribution in [-0.4, -0.2) is 67.2 Å². The van der Waals surface area contributed by atoms with Crippen LogP contribution in [0, 0.1) is 0 Å². The first-order valence-electron chi connectivity index (χ1n) is 5.61. The third-order valence-electron chi connectivity index (χ3n) is 2.53. The molecule has 1 amide bonds. The van der Waals surface area contributed by atoms with Gasteiger partial charge in [0.25, 0.3) is 0 Å². The van der Waals surface area contributed by atoms with Gasteiger partial charge in [-0.25, -0.2) is 0 Å². The van der Waals surface area contributed by atoms with Crippen molar-refractivity contribution in [2.75, 3.05) is 6.61 Å². The Labute approximate surface area is 110 Å². The molecule has 8 nitrogen and oxygen atoms in total. The van der Waals surface area contributed by atoms with Gasteiger partial charge in [0.15, 0.2) is 0 Å². The highest BCUT2D eigenvalue weighted by Gasteiger charge is 2.47. The highest BCUT2D eigenvalue weighted by Crippen LogP contribution is 2.23. The van der Waals surface area contributed by atoms with Crippen LogP contribution in [0.4, 0.5) is 0 Å². The van der Waals surface area contributed by atoms with Crippen LogP contribution in [-0.2, 0) is 4.79 Å². The minimum absolute atomic E-state index is 0.181. The number of allylic oxidation sites excluding steroid dienone is 1. The molecule has 0 saturated carbocycles. The van der Waals surface area contributed by atoms with Crippen molar-refractivity contribution in [3.8, 4) is 0 Å². The summed E-state index contributed by atoms with van der Waals surface area (Å²) in [6.45, 7) is 2.97. The summed E-state index contributed by atoms with van der Waals surface area (Å²) in [5, 5.41) is 59.1. The van der Waals surface area contributed by atoms with Gasteiger partial charge in [-0.15, -0.1) is 0 Å². The lowest BCUT2D eigenvalue weighted by molar-refractivity contribution is -0.172. The summed E-state index contributed by atoms with van der Waals surface area (Å²) in [6.07, 6.45) is -5.88. The number of hydrogen-bond acceptors (Lipinski definition) is 7. The molecule has 4 atom stereocenters. The Morgan fingerprint density at radius 2 is 1.68 bits per heavy atom. The highest BCUT2D eigenvalue weighted by molar-refractivity contribution is 5.74. The zero-order chi connectivity index (χ0) is 15.4. The van der Waals surface area contributed by atoms with Gasteiger partial charge in [0.1, 0.15) is 24.1 Å². The number of carbonyl (C=O) groups is 1. The molecule has 0 aromatic carbocycles. The van der Waals surface area contributed by atoms with Crippen LogP contribution in [0.2, 0.25) is 0 Å². The average molecular weight is 279 g/mol. The third kappa shape index (κ3) is 4.15. The summed E-state index contributed by atoms with van der Waals surface area (Å²) in [7, 11) is 0. The number of aliphatic hydroxyl groups excluding tert-OH is 5. The van der Waals surface area contributed by atoms with Crippen molar-refractivity contribution in [3.05, 3.63) is 11.3 Å². The topological polar surface area (TPSA) is 150 Å². The Hall–Kier alpha value is -1.19. The average Bonchev–Trinajstić information content (AvgIpc) is 2.33. The molecule has 0 bridgehead atoms. The van der Waals surface area contributed by atoms with E-state index in [4.69, 9.17) is 5.11 Å². The van der Waals surface area contributed by atoms with Crippen LogP contribution in [0.1, 0.15) is 20.8 Å². The smallest absolute Gasteiger partial charge is 0.225 e. The van der Waals surface area contributed by atoms with Gasteiger partial charge in [0.05, 0.1) is 6.61 Å². The Morgan fingerprint density at radius 1 is 1.21 bits per heavy atom.